The Hall–Kier alpha value is -6.90. The molecule has 5 aromatic heterocycles. The molecule has 2 aromatic carbocycles. The Morgan fingerprint density at radius 3 is 1.94 bits per heavy atom. The molecule has 0 saturated heterocycles. The number of aromatic carboxylic acids is 1. The van der Waals surface area contributed by atoms with Crippen LogP contribution in [0.3, 0.4) is 0 Å². The molecule has 0 bridgehead atoms. The SMILES string of the molecule is Cc1cc(NC(=O)c2ccc(-n3ccnc3)nn2)c(C(=O)O)cc1C.Cc1cc2nc(-c3ccc(-n4ccnc4)nn3)oc(=O)c2cc1C. The first kappa shape index (κ1) is 32.1. The lowest BCUT2D eigenvalue weighted by atomic mass is 10.0. The Balaban J connectivity index is 0.000000170. The number of anilines is 1. The molecule has 15 nitrogen and oxygen atoms in total. The molecule has 7 aromatic rings. The fourth-order valence-corrected chi connectivity index (χ4v) is 4.67. The summed E-state index contributed by atoms with van der Waals surface area (Å²) in [5.74, 6) is -0.354. The molecule has 0 fully saturated rings. The molecule has 7 rings (SSSR count). The number of nitrogens with zero attached hydrogens (tertiary/aromatic N) is 9. The monoisotopic (exact) mass is 656 g/mol. The largest absolute Gasteiger partial charge is 0.478 e. The molecule has 0 saturated carbocycles. The topological polar surface area (TPSA) is 197 Å². The van der Waals surface area contributed by atoms with E-state index in [0.717, 1.165) is 22.3 Å². The number of carbonyl (C=O) groups is 2. The van der Waals surface area contributed by atoms with Crippen molar-refractivity contribution in [1.82, 2.24) is 44.5 Å². The number of amides is 1. The Morgan fingerprint density at radius 2 is 1.37 bits per heavy atom. The van der Waals surface area contributed by atoms with Crippen LogP contribution in [0, 0.1) is 27.7 Å². The van der Waals surface area contributed by atoms with Crippen LogP contribution >= 0.6 is 0 Å². The van der Waals surface area contributed by atoms with Crippen LogP contribution in [-0.2, 0) is 0 Å². The number of rotatable bonds is 6. The summed E-state index contributed by atoms with van der Waals surface area (Å²) < 4.78 is 8.70. The van der Waals surface area contributed by atoms with Gasteiger partial charge in [0.05, 0.1) is 22.2 Å². The summed E-state index contributed by atoms with van der Waals surface area (Å²) in [5, 5.41) is 28.4. The molecule has 2 N–H and O–H groups in total. The maximum atomic E-state index is 12.4. The zero-order valence-electron chi connectivity index (χ0n) is 26.7. The van der Waals surface area contributed by atoms with Crippen molar-refractivity contribution in [2.75, 3.05) is 5.32 Å². The Kier molecular flexibility index (Phi) is 8.80. The number of imidazole rings is 2. The summed E-state index contributed by atoms with van der Waals surface area (Å²) in [6, 6.07) is 13.4. The highest BCUT2D eigenvalue weighted by Crippen LogP contribution is 2.22. The number of aromatic nitrogens is 9. The predicted molar refractivity (Wildman–Crippen MR) is 178 cm³/mol. The van der Waals surface area contributed by atoms with Gasteiger partial charge in [-0.2, -0.15) is 0 Å². The first-order chi connectivity index (χ1) is 23.6. The van der Waals surface area contributed by atoms with E-state index in [9.17, 15) is 19.5 Å². The van der Waals surface area contributed by atoms with Crippen molar-refractivity contribution in [2.45, 2.75) is 27.7 Å². The average Bonchev–Trinajstić information content (AvgIpc) is 3.83. The minimum Gasteiger partial charge on any atom is -0.478 e. The van der Waals surface area contributed by atoms with Crippen LogP contribution in [-0.4, -0.2) is 61.5 Å². The second-order valence-electron chi connectivity index (χ2n) is 11.0. The number of fused-ring (bicyclic) bond motifs is 1. The molecule has 15 heteroatoms. The van der Waals surface area contributed by atoms with E-state index in [-0.39, 0.29) is 22.8 Å². The minimum absolute atomic E-state index is 0.0273. The van der Waals surface area contributed by atoms with Gasteiger partial charge in [0.25, 0.3) is 11.8 Å². The summed E-state index contributed by atoms with van der Waals surface area (Å²) in [7, 11) is 0. The molecule has 0 aliphatic heterocycles. The van der Waals surface area contributed by atoms with E-state index in [4.69, 9.17) is 4.42 Å². The van der Waals surface area contributed by atoms with Crippen molar-refractivity contribution in [3.8, 4) is 23.2 Å². The highest BCUT2D eigenvalue weighted by Gasteiger charge is 2.17. The van der Waals surface area contributed by atoms with Crippen molar-refractivity contribution in [3.63, 3.8) is 0 Å². The molecular weight excluding hydrogens is 628 g/mol. The molecule has 49 heavy (non-hydrogen) atoms. The first-order valence-corrected chi connectivity index (χ1v) is 14.8. The fraction of sp³-hybridized carbons (Fsp3) is 0.118. The molecule has 0 unspecified atom stereocenters. The van der Waals surface area contributed by atoms with Gasteiger partial charge in [0.15, 0.2) is 17.3 Å². The maximum Gasteiger partial charge on any atom is 0.347 e. The lowest BCUT2D eigenvalue weighted by molar-refractivity contribution is 0.0698. The highest BCUT2D eigenvalue weighted by atomic mass is 16.4. The summed E-state index contributed by atoms with van der Waals surface area (Å²) in [5.41, 5.74) is 4.68. The van der Waals surface area contributed by atoms with Crippen LogP contribution < -0.4 is 10.9 Å². The normalized spacial score (nSPS) is 10.8. The van der Waals surface area contributed by atoms with E-state index in [0.29, 0.717) is 28.2 Å². The number of hydrogen-bond donors (Lipinski definition) is 2. The van der Waals surface area contributed by atoms with E-state index < -0.39 is 17.5 Å². The van der Waals surface area contributed by atoms with Gasteiger partial charge in [-0.3, -0.25) is 13.9 Å². The molecule has 244 valence electrons. The fourth-order valence-electron chi connectivity index (χ4n) is 4.67. The van der Waals surface area contributed by atoms with Gasteiger partial charge in [-0.25, -0.2) is 24.5 Å². The molecule has 0 aliphatic rings. The van der Waals surface area contributed by atoms with Crippen LogP contribution in [0.15, 0.2) is 95.2 Å². The number of carbonyl (C=O) groups excluding carboxylic acids is 1. The molecule has 0 aliphatic carbocycles. The van der Waals surface area contributed by atoms with Crippen LogP contribution in [0.4, 0.5) is 5.69 Å². The highest BCUT2D eigenvalue weighted by molar-refractivity contribution is 6.06. The zero-order chi connectivity index (χ0) is 34.7. The standard InChI is InChI=1S/C17H15N5O3.C17H13N5O2/c1-10-7-12(17(24)25)14(8-11(10)2)19-16(23)13-3-4-15(21-20-13)22-6-5-18-9-22;1-10-7-12-14(8-11(10)2)19-16(24-17(12)23)13-3-4-15(21-20-13)22-6-5-18-9-22/h3-9H,1-2H3,(H,19,23)(H,24,25);3-9H,1-2H3. The summed E-state index contributed by atoms with van der Waals surface area (Å²) in [6.07, 6.45) is 9.93. The van der Waals surface area contributed by atoms with Gasteiger partial charge in [0.2, 0.25) is 0 Å². The van der Waals surface area contributed by atoms with Crippen LogP contribution in [0.5, 0.6) is 0 Å². The lowest BCUT2D eigenvalue weighted by Gasteiger charge is -2.11. The summed E-state index contributed by atoms with van der Waals surface area (Å²) in [4.78, 5) is 48.3. The van der Waals surface area contributed by atoms with Crippen molar-refractivity contribution >= 4 is 28.5 Å². The zero-order valence-corrected chi connectivity index (χ0v) is 26.7. The third kappa shape index (κ3) is 6.95. The number of nitrogens with one attached hydrogen (secondary N) is 1. The molecule has 1 amide bonds. The quantitative estimate of drug-likeness (QED) is 0.251. The smallest absolute Gasteiger partial charge is 0.347 e. The second kappa shape index (κ2) is 13.4. The van der Waals surface area contributed by atoms with Gasteiger partial charge >= 0.3 is 11.6 Å². The first-order valence-electron chi connectivity index (χ1n) is 14.8. The van der Waals surface area contributed by atoms with Crippen LogP contribution in [0.2, 0.25) is 0 Å². The third-order valence-electron chi connectivity index (χ3n) is 7.65. The van der Waals surface area contributed by atoms with Gasteiger partial charge in [-0.15, -0.1) is 20.4 Å². The van der Waals surface area contributed by atoms with E-state index in [1.54, 1.807) is 76.9 Å². The van der Waals surface area contributed by atoms with E-state index in [1.807, 2.05) is 33.8 Å². The maximum absolute atomic E-state index is 12.4. The predicted octanol–water partition coefficient (Wildman–Crippen LogP) is 4.68. The molecule has 0 radical (unpaired) electrons. The Labute approximate surface area is 278 Å². The van der Waals surface area contributed by atoms with E-state index >= 15 is 0 Å². The third-order valence-corrected chi connectivity index (χ3v) is 7.65. The molecular formula is C34H28N10O5. The van der Waals surface area contributed by atoms with E-state index in [1.165, 1.54) is 12.1 Å². The van der Waals surface area contributed by atoms with Gasteiger partial charge in [0, 0.05) is 24.8 Å². The number of hydrogen-bond acceptors (Lipinski definition) is 11. The molecule has 0 atom stereocenters. The number of carboxylic acids is 1. The van der Waals surface area contributed by atoms with Crippen molar-refractivity contribution in [1.29, 1.82) is 0 Å². The van der Waals surface area contributed by atoms with Crippen molar-refractivity contribution in [3.05, 3.63) is 130 Å². The van der Waals surface area contributed by atoms with Crippen LogP contribution in [0.1, 0.15) is 43.1 Å². The van der Waals surface area contributed by atoms with Gasteiger partial charge in [-0.05, 0) is 98.5 Å². The summed E-state index contributed by atoms with van der Waals surface area (Å²) >= 11 is 0. The lowest BCUT2D eigenvalue weighted by Crippen LogP contribution is -2.17. The average molecular weight is 657 g/mol. The van der Waals surface area contributed by atoms with Crippen molar-refractivity contribution in [2.24, 2.45) is 0 Å². The van der Waals surface area contributed by atoms with E-state index in [2.05, 4.69) is 40.7 Å². The van der Waals surface area contributed by atoms with Gasteiger partial charge in [0.1, 0.15) is 18.3 Å². The molecule has 0 spiro atoms. The Morgan fingerprint density at radius 1 is 0.755 bits per heavy atom. The minimum atomic E-state index is -1.11. The van der Waals surface area contributed by atoms with Crippen molar-refractivity contribution < 1.29 is 19.1 Å². The van der Waals surface area contributed by atoms with Gasteiger partial charge < -0.3 is 14.8 Å². The summed E-state index contributed by atoms with van der Waals surface area (Å²) in [6.45, 7) is 7.58. The second-order valence-corrected chi connectivity index (χ2v) is 11.0. The number of carboxylic acid groups (broad SMARTS) is 1. The Bertz CT molecular complexity index is 2350. The van der Waals surface area contributed by atoms with Gasteiger partial charge in [-0.1, -0.05) is 0 Å². The molecule has 5 heterocycles. The number of aryl methyl sites for hydroxylation is 4. The van der Waals surface area contributed by atoms with Crippen LogP contribution in [0.25, 0.3) is 34.1 Å². The number of benzene rings is 2.